The fourth-order valence-electron chi connectivity index (χ4n) is 2.74. The van der Waals surface area contributed by atoms with Crippen LogP contribution in [0.1, 0.15) is 16.8 Å². The Morgan fingerprint density at radius 1 is 1.24 bits per heavy atom. The normalized spacial score (nSPS) is 18.7. The van der Waals surface area contributed by atoms with Crippen molar-refractivity contribution in [3.8, 4) is 0 Å². The van der Waals surface area contributed by atoms with Crippen LogP contribution in [0.4, 0.5) is 15.9 Å². The number of hydrogen-bond donors (Lipinski definition) is 2. The number of hydrogen-bond acceptors (Lipinski definition) is 5. The van der Waals surface area contributed by atoms with Gasteiger partial charge in [-0.3, -0.25) is 4.79 Å². The van der Waals surface area contributed by atoms with Gasteiger partial charge in [-0.1, -0.05) is 12.1 Å². The molecule has 6 nitrogen and oxygen atoms in total. The van der Waals surface area contributed by atoms with E-state index in [2.05, 4.69) is 15.6 Å². The first-order valence-electron chi connectivity index (χ1n) is 7.90. The summed E-state index contributed by atoms with van der Waals surface area (Å²) >= 11 is 0. The molecule has 0 radical (unpaired) electrons. The average Bonchev–Trinajstić information content (AvgIpc) is 2.94. The molecule has 132 valence electrons. The summed E-state index contributed by atoms with van der Waals surface area (Å²) in [5.74, 6) is -0.397. The van der Waals surface area contributed by atoms with Gasteiger partial charge in [0.25, 0.3) is 5.91 Å². The molecule has 1 aliphatic rings. The monoisotopic (exact) mass is 363 g/mol. The molecule has 1 aliphatic heterocycles. The number of benzene rings is 1. The number of rotatable bonds is 5. The van der Waals surface area contributed by atoms with Gasteiger partial charge in [0.05, 0.1) is 22.8 Å². The van der Waals surface area contributed by atoms with Crippen LogP contribution in [-0.2, 0) is 9.84 Å². The van der Waals surface area contributed by atoms with E-state index in [0.717, 1.165) is 0 Å². The van der Waals surface area contributed by atoms with E-state index in [1.165, 1.54) is 12.3 Å². The van der Waals surface area contributed by atoms with Crippen molar-refractivity contribution in [2.75, 3.05) is 23.4 Å². The summed E-state index contributed by atoms with van der Waals surface area (Å²) < 4.78 is 36.7. The van der Waals surface area contributed by atoms with Gasteiger partial charge in [0.2, 0.25) is 0 Å². The quantitative estimate of drug-likeness (QED) is 0.850. The summed E-state index contributed by atoms with van der Waals surface area (Å²) in [6, 6.07) is 9.30. The van der Waals surface area contributed by atoms with Crippen molar-refractivity contribution in [1.29, 1.82) is 0 Å². The molecule has 1 fully saturated rings. The molecule has 1 aromatic heterocycles. The highest BCUT2D eigenvalue weighted by Gasteiger charge is 2.28. The lowest BCUT2D eigenvalue weighted by Gasteiger charge is -2.13. The molecule has 0 spiro atoms. The lowest BCUT2D eigenvalue weighted by atomic mass is 10.1. The van der Waals surface area contributed by atoms with Gasteiger partial charge in [0.15, 0.2) is 9.84 Å². The summed E-state index contributed by atoms with van der Waals surface area (Å²) in [6.07, 6.45) is 2.06. The molecule has 1 amide bonds. The Morgan fingerprint density at radius 3 is 2.76 bits per heavy atom. The molecule has 25 heavy (non-hydrogen) atoms. The van der Waals surface area contributed by atoms with Crippen molar-refractivity contribution in [3.63, 3.8) is 0 Å². The molecular weight excluding hydrogens is 345 g/mol. The molecule has 2 aromatic rings. The number of amides is 1. The maximum absolute atomic E-state index is 13.8. The van der Waals surface area contributed by atoms with E-state index in [-0.39, 0.29) is 46.9 Å². The zero-order chi connectivity index (χ0) is 17.9. The summed E-state index contributed by atoms with van der Waals surface area (Å²) in [6.45, 7) is 0.284. The number of anilines is 2. The van der Waals surface area contributed by atoms with Crippen LogP contribution in [0, 0.1) is 11.7 Å². The molecule has 0 bridgehead atoms. The number of para-hydroxylation sites is 1. The van der Waals surface area contributed by atoms with Gasteiger partial charge in [-0.2, -0.15) is 0 Å². The summed E-state index contributed by atoms with van der Waals surface area (Å²) in [5, 5.41) is 5.56. The van der Waals surface area contributed by atoms with Gasteiger partial charge >= 0.3 is 0 Å². The van der Waals surface area contributed by atoms with Crippen LogP contribution < -0.4 is 10.6 Å². The van der Waals surface area contributed by atoms with Crippen molar-refractivity contribution in [3.05, 3.63) is 54.0 Å². The van der Waals surface area contributed by atoms with E-state index in [1.54, 1.807) is 30.3 Å². The van der Waals surface area contributed by atoms with Crippen LogP contribution in [0.2, 0.25) is 0 Å². The second-order valence-electron chi connectivity index (χ2n) is 5.98. The molecule has 1 atom stereocenters. The summed E-state index contributed by atoms with van der Waals surface area (Å²) in [5.41, 5.74) is 0.490. The lowest BCUT2D eigenvalue weighted by Crippen LogP contribution is -2.30. The first-order valence-corrected chi connectivity index (χ1v) is 9.72. The molecule has 0 aliphatic carbocycles. The largest absolute Gasteiger partial charge is 0.352 e. The van der Waals surface area contributed by atoms with Crippen LogP contribution >= 0.6 is 0 Å². The third-order valence-electron chi connectivity index (χ3n) is 4.06. The zero-order valence-electron chi connectivity index (χ0n) is 13.4. The number of carbonyl (C=O) groups excluding carboxylic acids is 1. The minimum absolute atomic E-state index is 0.0754. The molecule has 2 N–H and O–H groups in total. The van der Waals surface area contributed by atoms with Gasteiger partial charge < -0.3 is 10.6 Å². The molecule has 3 rings (SSSR count). The highest BCUT2D eigenvalue weighted by molar-refractivity contribution is 7.91. The number of pyridine rings is 1. The van der Waals surface area contributed by atoms with Gasteiger partial charge in [0.1, 0.15) is 11.6 Å². The Kier molecular flexibility index (Phi) is 4.98. The van der Waals surface area contributed by atoms with E-state index in [1.807, 2.05) is 0 Å². The highest BCUT2D eigenvalue weighted by Crippen LogP contribution is 2.21. The fourth-order valence-corrected chi connectivity index (χ4v) is 4.61. The second-order valence-corrected chi connectivity index (χ2v) is 8.21. The molecule has 8 heteroatoms. The lowest BCUT2D eigenvalue weighted by molar-refractivity contribution is 0.0949. The predicted octanol–water partition coefficient (Wildman–Crippen LogP) is 2.13. The smallest absolute Gasteiger partial charge is 0.255 e. The Bertz CT molecular complexity index is 886. The predicted molar refractivity (Wildman–Crippen MR) is 93.0 cm³/mol. The van der Waals surface area contributed by atoms with Crippen LogP contribution in [0.5, 0.6) is 0 Å². The number of halogens is 1. The van der Waals surface area contributed by atoms with E-state index in [9.17, 15) is 17.6 Å². The van der Waals surface area contributed by atoms with Crippen molar-refractivity contribution >= 4 is 27.2 Å². The van der Waals surface area contributed by atoms with Gasteiger partial charge in [-0.25, -0.2) is 17.8 Å². The molecular formula is C17H18FN3O3S. The topological polar surface area (TPSA) is 88.2 Å². The van der Waals surface area contributed by atoms with Gasteiger partial charge in [-0.15, -0.1) is 0 Å². The van der Waals surface area contributed by atoms with Crippen LogP contribution in [0.3, 0.4) is 0 Å². The van der Waals surface area contributed by atoms with E-state index in [0.29, 0.717) is 6.42 Å². The average molecular weight is 363 g/mol. The first-order chi connectivity index (χ1) is 11.9. The molecule has 0 unspecified atom stereocenters. The van der Waals surface area contributed by atoms with Crippen molar-refractivity contribution in [2.45, 2.75) is 6.42 Å². The standard InChI is InChI=1S/C17H18FN3O3S/c18-14-5-1-2-6-15(14)21-16-13(4-3-8-19-16)17(22)20-10-12-7-9-25(23,24)11-12/h1-6,8,12H,7,9-11H2,(H,19,21)(H,20,22)/t12-/m1/s1. The number of sulfone groups is 1. The van der Waals surface area contributed by atoms with Gasteiger partial charge in [-0.05, 0) is 36.6 Å². The minimum Gasteiger partial charge on any atom is -0.352 e. The van der Waals surface area contributed by atoms with Crippen molar-refractivity contribution in [1.82, 2.24) is 10.3 Å². The molecule has 1 saturated heterocycles. The maximum Gasteiger partial charge on any atom is 0.255 e. The number of aromatic nitrogens is 1. The maximum atomic E-state index is 13.8. The Balaban J connectivity index is 1.70. The third-order valence-corrected chi connectivity index (χ3v) is 5.89. The molecule has 1 aromatic carbocycles. The summed E-state index contributed by atoms with van der Waals surface area (Å²) in [4.78, 5) is 16.5. The second kappa shape index (κ2) is 7.18. The van der Waals surface area contributed by atoms with Crippen LogP contribution in [-0.4, -0.2) is 37.4 Å². The van der Waals surface area contributed by atoms with E-state index < -0.39 is 15.7 Å². The number of carbonyl (C=O) groups is 1. The van der Waals surface area contributed by atoms with Gasteiger partial charge in [0, 0.05) is 12.7 Å². The van der Waals surface area contributed by atoms with Crippen molar-refractivity contribution in [2.24, 2.45) is 5.92 Å². The summed E-state index contributed by atoms with van der Waals surface area (Å²) in [7, 11) is -2.98. The van der Waals surface area contributed by atoms with E-state index >= 15 is 0 Å². The molecule has 0 saturated carbocycles. The third kappa shape index (κ3) is 4.33. The van der Waals surface area contributed by atoms with Crippen LogP contribution in [0.15, 0.2) is 42.6 Å². The fraction of sp³-hybridized carbons (Fsp3) is 0.294. The zero-order valence-corrected chi connectivity index (χ0v) is 14.2. The Hall–Kier alpha value is -2.48. The Morgan fingerprint density at radius 2 is 2.04 bits per heavy atom. The number of nitrogens with one attached hydrogen (secondary N) is 2. The molecule has 2 heterocycles. The highest BCUT2D eigenvalue weighted by atomic mass is 32.2. The van der Waals surface area contributed by atoms with Crippen LogP contribution in [0.25, 0.3) is 0 Å². The minimum atomic E-state index is -2.98. The first kappa shape index (κ1) is 17.3. The SMILES string of the molecule is O=C(NC[C@H]1CCS(=O)(=O)C1)c1cccnc1Nc1ccccc1F. The Labute approximate surface area is 145 Å². The number of nitrogens with zero attached hydrogens (tertiary/aromatic N) is 1. The van der Waals surface area contributed by atoms with Crippen molar-refractivity contribution < 1.29 is 17.6 Å². The van der Waals surface area contributed by atoms with E-state index in [4.69, 9.17) is 0 Å².